The highest BCUT2D eigenvalue weighted by atomic mass is 35.5. The summed E-state index contributed by atoms with van der Waals surface area (Å²) in [6, 6.07) is 8.98. The van der Waals surface area contributed by atoms with Gasteiger partial charge in [0.25, 0.3) is 5.91 Å². The van der Waals surface area contributed by atoms with Crippen molar-refractivity contribution in [1.29, 1.82) is 0 Å². The second kappa shape index (κ2) is 8.59. The van der Waals surface area contributed by atoms with Crippen LogP contribution >= 0.6 is 22.9 Å². The van der Waals surface area contributed by atoms with E-state index in [4.69, 9.17) is 16.3 Å². The molecule has 1 amide bonds. The Morgan fingerprint density at radius 1 is 1.37 bits per heavy atom. The molecule has 0 aliphatic rings. The topological polar surface area (TPSA) is 56.2 Å². The van der Waals surface area contributed by atoms with E-state index in [1.807, 2.05) is 55.2 Å². The largest absolute Gasteiger partial charge is 0.489 e. The van der Waals surface area contributed by atoms with Crippen molar-refractivity contribution in [2.24, 2.45) is 0 Å². The maximum absolute atomic E-state index is 12.6. The maximum atomic E-state index is 12.6. The first kappa shape index (κ1) is 19.5. The molecular formula is C20H22ClN3O2S. The van der Waals surface area contributed by atoms with E-state index in [0.29, 0.717) is 16.5 Å². The number of carbonyl (C=O) groups excluding carboxylic acids is 1. The van der Waals surface area contributed by atoms with Gasteiger partial charge >= 0.3 is 0 Å². The molecule has 3 aromatic rings. The Morgan fingerprint density at radius 3 is 2.78 bits per heavy atom. The van der Waals surface area contributed by atoms with Crippen LogP contribution in [0.4, 0.5) is 0 Å². The van der Waals surface area contributed by atoms with Crippen LogP contribution in [0.5, 0.6) is 5.75 Å². The summed E-state index contributed by atoms with van der Waals surface area (Å²) >= 11 is 7.28. The number of nitrogens with zero attached hydrogens (tertiary/aromatic N) is 2. The highest BCUT2D eigenvalue weighted by Gasteiger charge is 2.17. The number of thiophene rings is 1. The summed E-state index contributed by atoms with van der Waals surface area (Å²) in [5, 5.41) is 10.0. The zero-order chi connectivity index (χ0) is 19.4. The molecule has 1 aromatic carbocycles. The molecule has 0 aliphatic carbocycles. The normalized spacial score (nSPS) is 12.0. The molecule has 0 spiro atoms. The molecular weight excluding hydrogens is 382 g/mol. The molecule has 1 atom stereocenters. The lowest BCUT2D eigenvalue weighted by atomic mass is 10.1. The average Bonchev–Trinajstić information content (AvgIpc) is 3.27. The molecule has 0 fully saturated rings. The van der Waals surface area contributed by atoms with Crippen LogP contribution in [0.1, 0.15) is 46.4 Å². The minimum absolute atomic E-state index is 0.0890. The Morgan fingerprint density at radius 2 is 2.11 bits per heavy atom. The second-order valence-electron chi connectivity index (χ2n) is 6.26. The fourth-order valence-electron chi connectivity index (χ4n) is 2.82. The van der Waals surface area contributed by atoms with Gasteiger partial charge in [-0.1, -0.05) is 11.6 Å². The fraction of sp³-hybridized carbons (Fsp3) is 0.300. The number of hydrogen-bond donors (Lipinski definition) is 1. The van der Waals surface area contributed by atoms with E-state index in [2.05, 4.69) is 10.4 Å². The predicted molar refractivity (Wildman–Crippen MR) is 109 cm³/mol. The Labute approximate surface area is 167 Å². The maximum Gasteiger partial charge on any atom is 0.261 e. The summed E-state index contributed by atoms with van der Waals surface area (Å²) in [4.78, 5) is 13.2. The van der Waals surface area contributed by atoms with Crippen LogP contribution in [0.3, 0.4) is 0 Å². The van der Waals surface area contributed by atoms with Crippen LogP contribution in [0.25, 0.3) is 0 Å². The SMILES string of the molecule is CCn1ncc(C(C)NC(=O)c2cc(COc3ccc(Cl)cc3)cs2)c1C. The molecule has 5 nitrogen and oxygen atoms in total. The van der Waals surface area contributed by atoms with Crippen LogP contribution in [-0.4, -0.2) is 15.7 Å². The van der Waals surface area contributed by atoms with Crippen molar-refractivity contribution in [2.75, 3.05) is 0 Å². The second-order valence-corrected chi connectivity index (χ2v) is 7.61. The number of rotatable bonds is 7. The summed E-state index contributed by atoms with van der Waals surface area (Å²) in [7, 11) is 0. The van der Waals surface area contributed by atoms with Gasteiger partial charge in [0.2, 0.25) is 0 Å². The van der Waals surface area contributed by atoms with Gasteiger partial charge in [-0.05, 0) is 56.5 Å². The molecule has 1 N–H and O–H groups in total. The van der Waals surface area contributed by atoms with Gasteiger partial charge in [0.15, 0.2) is 0 Å². The Bertz CT molecular complexity index is 918. The van der Waals surface area contributed by atoms with Crippen molar-refractivity contribution in [3.63, 3.8) is 0 Å². The number of hydrogen-bond acceptors (Lipinski definition) is 4. The van der Waals surface area contributed by atoms with E-state index in [9.17, 15) is 4.79 Å². The number of aromatic nitrogens is 2. The van der Waals surface area contributed by atoms with Crippen LogP contribution in [0.2, 0.25) is 5.02 Å². The molecule has 0 bridgehead atoms. The van der Waals surface area contributed by atoms with Crippen LogP contribution in [0.15, 0.2) is 41.9 Å². The monoisotopic (exact) mass is 403 g/mol. The van der Waals surface area contributed by atoms with Crippen molar-refractivity contribution < 1.29 is 9.53 Å². The number of carbonyl (C=O) groups is 1. The molecule has 2 heterocycles. The zero-order valence-electron chi connectivity index (χ0n) is 15.5. The van der Waals surface area contributed by atoms with Gasteiger partial charge < -0.3 is 10.1 Å². The number of benzene rings is 1. The van der Waals surface area contributed by atoms with Gasteiger partial charge in [-0.25, -0.2) is 0 Å². The summed E-state index contributed by atoms with van der Waals surface area (Å²) in [6.45, 7) is 7.26. The molecule has 0 saturated heterocycles. The molecule has 0 aliphatic heterocycles. The third-order valence-corrected chi connectivity index (χ3v) is 5.58. The third kappa shape index (κ3) is 4.70. The van der Waals surface area contributed by atoms with Gasteiger partial charge in [0.05, 0.1) is 17.1 Å². The van der Waals surface area contributed by atoms with E-state index in [-0.39, 0.29) is 11.9 Å². The fourth-order valence-corrected chi connectivity index (χ4v) is 3.74. The minimum Gasteiger partial charge on any atom is -0.489 e. The highest BCUT2D eigenvalue weighted by molar-refractivity contribution is 7.12. The number of halogens is 1. The van der Waals surface area contributed by atoms with Gasteiger partial charge in [0.1, 0.15) is 12.4 Å². The van der Waals surface area contributed by atoms with E-state index in [1.54, 1.807) is 12.1 Å². The first-order valence-corrected chi connectivity index (χ1v) is 10.0. The summed E-state index contributed by atoms with van der Waals surface area (Å²) < 4.78 is 7.65. The summed E-state index contributed by atoms with van der Waals surface area (Å²) in [6.07, 6.45) is 1.82. The summed E-state index contributed by atoms with van der Waals surface area (Å²) in [5.74, 6) is 0.655. The molecule has 0 radical (unpaired) electrons. The average molecular weight is 404 g/mol. The first-order chi connectivity index (χ1) is 13.0. The van der Waals surface area contributed by atoms with Crippen molar-refractivity contribution in [3.05, 3.63) is 68.6 Å². The standard InChI is InChI=1S/C20H22ClN3O2S/c1-4-24-14(3)18(10-22-24)13(2)23-20(25)19-9-15(12-27-19)11-26-17-7-5-16(21)6-8-17/h5-10,12-13H,4,11H2,1-3H3,(H,23,25). The Hall–Kier alpha value is -2.31. The lowest BCUT2D eigenvalue weighted by Crippen LogP contribution is -2.26. The quantitative estimate of drug-likeness (QED) is 0.604. The van der Waals surface area contributed by atoms with Crippen LogP contribution < -0.4 is 10.1 Å². The smallest absolute Gasteiger partial charge is 0.261 e. The first-order valence-electron chi connectivity index (χ1n) is 8.77. The summed E-state index contributed by atoms with van der Waals surface area (Å²) in [5.41, 5.74) is 3.07. The minimum atomic E-state index is -0.103. The number of nitrogens with one attached hydrogen (secondary N) is 1. The van der Waals surface area contributed by atoms with E-state index < -0.39 is 0 Å². The van der Waals surface area contributed by atoms with Crippen molar-refractivity contribution in [1.82, 2.24) is 15.1 Å². The highest BCUT2D eigenvalue weighted by Crippen LogP contribution is 2.21. The molecule has 2 aromatic heterocycles. The Kier molecular flexibility index (Phi) is 6.19. The van der Waals surface area contributed by atoms with Gasteiger partial charge in [-0.3, -0.25) is 9.48 Å². The van der Waals surface area contributed by atoms with Crippen LogP contribution in [0, 0.1) is 6.92 Å². The molecule has 27 heavy (non-hydrogen) atoms. The molecule has 0 saturated carbocycles. The number of aryl methyl sites for hydroxylation is 1. The molecule has 7 heteroatoms. The lowest BCUT2D eigenvalue weighted by molar-refractivity contribution is 0.0944. The van der Waals surface area contributed by atoms with E-state index >= 15 is 0 Å². The molecule has 142 valence electrons. The third-order valence-electron chi connectivity index (χ3n) is 4.35. The van der Waals surface area contributed by atoms with Gasteiger partial charge in [-0.15, -0.1) is 11.3 Å². The lowest BCUT2D eigenvalue weighted by Gasteiger charge is -2.13. The zero-order valence-corrected chi connectivity index (χ0v) is 17.1. The number of amides is 1. The van der Waals surface area contributed by atoms with E-state index in [0.717, 1.165) is 29.1 Å². The number of ether oxygens (including phenoxy) is 1. The van der Waals surface area contributed by atoms with Crippen LogP contribution in [-0.2, 0) is 13.2 Å². The molecule has 1 unspecified atom stereocenters. The van der Waals surface area contributed by atoms with Crippen molar-refractivity contribution in [3.8, 4) is 5.75 Å². The van der Waals surface area contributed by atoms with Crippen molar-refractivity contribution >= 4 is 28.8 Å². The van der Waals surface area contributed by atoms with Crippen molar-refractivity contribution in [2.45, 2.75) is 40.0 Å². The van der Waals surface area contributed by atoms with Gasteiger partial charge in [-0.2, -0.15) is 5.10 Å². The van der Waals surface area contributed by atoms with Gasteiger partial charge in [0, 0.05) is 28.4 Å². The van der Waals surface area contributed by atoms with E-state index in [1.165, 1.54) is 11.3 Å². The molecule has 3 rings (SSSR count). The predicted octanol–water partition coefficient (Wildman–Crippen LogP) is 5.00. The Balaban J connectivity index is 1.59.